The number of amides is 1. The Morgan fingerprint density at radius 2 is 2.00 bits per heavy atom. The summed E-state index contributed by atoms with van der Waals surface area (Å²) < 4.78 is 5.07. The Bertz CT molecular complexity index is 192. The van der Waals surface area contributed by atoms with Crippen LogP contribution in [0, 0.1) is 0 Å². The van der Waals surface area contributed by atoms with Gasteiger partial charge in [-0.2, -0.15) is 0 Å². The van der Waals surface area contributed by atoms with E-state index in [4.69, 9.17) is 4.74 Å². The monoisotopic (exact) mass is 185 g/mol. The van der Waals surface area contributed by atoms with Gasteiger partial charge in [-0.25, -0.2) is 4.79 Å². The van der Waals surface area contributed by atoms with Crippen molar-refractivity contribution in [1.29, 1.82) is 0 Å². The number of ether oxygens (including phenoxy) is 1. The molecule has 0 aliphatic heterocycles. The third-order valence-corrected chi connectivity index (χ3v) is 1.23. The molecule has 0 heterocycles. The molecule has 0 spiro atoms. The second kappa shape index (κ2) is 4.90. The number of allylic oxidation sites excluding steroid dienone is 1. The molecular formula is C10H19NO2. The van der Waals surface area contributed by atoms with E-state index < -0.39 is 5.60 Å². The first-order valence-corrected chi connectivity index (χ1v) is 4.47. The Kier molecular flexibility index (Phi) is 4.52. The van der Waals surface area contributed by atoms with Crippen LogP contribution in [0.1, 0.15) is 34.6 Å². The van der Waals surface area contributed by atoms with Crippen molar-refractivity contribution in [3.8, 4) is 0 Å². The van der Waals surface area contributed by atoms with Gasteiger partial charge in [0.1, 0.15) is 5.60 Å². The summed E-state index contributed by atoms with van der Waals surface area (Å²) in [5, 5.41) is 2.69. The number of hydrogen-bond acceptors (Lipinski definition) is 2. The zero-order valence-corrected chi connectivity index (χ0v) is 9.05. The molecule has 0 saturated carbocycles. The summed E-state index contributed by atoms with van der Waals surface area (Å²) in [6.45, 7) is 9.32. The van der Waals surface area contributed by atoms with E-state index in [1.54, 1.807) is 0 Å². The summed E-state index contributed by atoms with van der Waals surface area (Å²) in [7, 11) is 0. The Morgan fingerprint density at radius 3 is 2.38 bits per heavy atom. The fourth-order valence-electron chi connectivity index (χ4n) is 0.830. The van der Waals surface area contributed by atoms with Crippen molar-refractivity contribution >= 4 is 6.09 Å². The van der Waals surface area contributed by atoms with Crippen molar-refractivity contribution in [3.63, 3.8) is 0 Å². The molecule has 76 valence electrons. The molecule has 0 bridgehead atoms. The topological polar surface area (TPSA) is 38.3 Å². The average Bonchev–Trinajstić information content (AvgIpc) is 1.81. The highest BCUT2D eigenvalue weighted by atomic mass is 16.6. The zero-order valence-electron chi connectivity index (χ0n) is 9.05. The molecule has 0 aliphatic rings. The molecule has 1 N–H and O–H groups in total. The van der Waals surface area contributed by atoms with E-state index in [-0.39, 0.29) is 12.1 Å². The number of hydrogen-bond donors (Lipinski definition) is 1. The van der Waals surface area contributed by atoms with E-state index in [1.165, 1.54) is 0 Å². The molecule has 3 heteroatoms. The minimum absolute atomic E-state index is 0.0137. The van der Waals surface area contributed by atoms with E-state index in [0.29, 0.717) is 0 Å². The maximum Gasteiger partial charge on any atom is 0.408 e. The van der Waals surface area contributed by atoms with E-state index >= 15 is 0 Å². The van der Waals surface area contributed by atoms with Gasteiger partial charge in [-0.3, -0.25) is 0 Å². The number of alkyl carbamates (subject to hydrolysis) is 1. The highest BCUT2D eigenvalue weighted by molar-refractivity contribution is 5.68. The fraction of sp³-hybridized carbons (Fsp3) is 0.700. The van der Waals surface area contributed by atoms with Crippen molar-refractivity contribution in [2.75, 3.05) is 0 Å². The zero-order chi connectivity index (χ0) is 10.5. The van der Waals surface area contributed by atoms with Crippen LogP contribution in [0.15, 0.2) is 12.2 Å². The first-order chi connectivity index (χ1) is 5.85. The molecule has 0 aromatic rings. The number of rotatable bonds is 2. The van der Waals surface area contributed by atoms with Gasteiger partial charge in [-0.05, 0) is 34.6 Å². The minimum atomic E-state index is -0.431. The quantitative estimate of drug-likeness (QED) is 0.671. The van der Waals surface area contributed by atoms with Gasteiger partial charge in [0.05, 0.1) is 0 Å². The van der Waals surface area contributed by atoms with Gasteiger partial charge in [0.2, 0.25) is 0 Å². The molecule has 1 atom stereocenters. The first kappa shape index (κ1) is 12.0. The summed E-state index contributed by atoms with van der Waals surface area (Å²) in [6, 6.07) is 0.0137. The van der Waals surface area contributed by atoms with Crippen molar-refractivity contribution in [3.05, 3.63) is 12.2 Å². The molecule has 0 radical (unpaired) electrons. The third-order valence-electron chi connectivity index (χ3n) is 1.23. The normalized spacial score (nSPS) is 14.2. The Labute approximate surface area is 80.2 Å². The first-order valence-electron chi connectivity index (χ1n) is 4.47. The van der Waals surface area contributed by atoms with Crippen LogP contribution in [-0.2, 0) is 4.74 Å². The van der Waals surface area contributed by atoms with Gasteiger partial charge >= 0.3 is 6.09 Å². The fourth-order valence-corrected chi connectivity index (χ4v) is 0.830. The average molecular weight is 185 g/mol. The summed E-state index contributed by atoms with van der Waals surface area (Å²) in [5.41, 5.74) is -0.431. The molecule has 0 unspecified atom stereocenters. The lowest BCUT2D eigenvalue weighted by Crippen LogP contribution is -2.36. The predicted octanol–water partition coefficient (Wildman–Crippen LogP) is 2.48. The lowest BCUT2D eigenvalue weighted by Gasteiger charge is -2.20. The van der Waals surface area contributed by atoms with E-state index in [2.05, 4.69) is 5.32 Å². The van der Waals surface area contributed by atoms with E-state index in [1.807, 2.05) is 46.8 Å². The van der Waals surface area contributed by atoms with Gasteiger partial charge < -0.3 is 10.1 Å². The van der Waals surface area contributed by atoms with Crippen LogP contribution in [0.4, 0.5) is 4.79 Å². The van der Waals surface area contributed by atoms with Crippen molar-refractivity contribution < 1.29 is 9.53 Å². The molecule has 0 aromatic carbocycles. The van der Waals surface area contributed by atoms with Gasteiger partial charge in [0, 0.05) is 6.04 Å². The van der Waals surface area contributed by atoms with Crippen molar-refractivity contribution in [1.82, 2.24) is 5.32 Å². The molecule has 13 heavy (non-hydrogen) atoms. The van der Waals surface area contributed by atoms with E-state index in [9.17, 15) is 4.79 Å². The largest absolute Gasteiger partial charge is 0.444 e. The third kappa shape index (κ3) is 7.37. The van der Waals surface area contributed by atoms with Crippen LogP contribution in [0.2, 0.25) is 0 Å². The molecule has 1 amide bonds. The van der Waals surface area contributed by atoms with Gasteiger partial charge in [0.15, 0.2) is 0 Å². The van der Waals surface area contributed by atoms with Crippen molar-refractivity contribution in [2.45, 2.75) is 46.3 Å². The highest BCUT2D eigenvalue weighted by Crippen LogP contribution is 2.06. The Morgan fingerprint density at radius 1 is 1.46 bits per heavy atom. The smallest absolute Gasteiger partial charge is 0.408 e. The molecule has 0 saturated heterocycles. The lowest BCUT2D eigenvalue weighted by molar-refractivity contribution is 0.0518. The second-order valence-corrected chi connectivity index (χ2v) is 3.96. The second-order valence-electron chi connectivity index (χ2n) is 3.96. The van der Waals surface area contributed by atoms with Crippen molar-refractivity contribution in [2.24, 2.45) is 0 Å². The lowest BCUT2D eigenvalue weighted by atomic mass is 10.2. The molecular weight excluding hydrogens is 166 g/mol. The van der Waals surface area contributed by atoms with Crippen LogP contribution < -0.4 is 5.32 Å². The van der Waals surface area contributed by atoms with Crippen LogP contribution in [0.5, 0.6) is 0 Å². The van der Waals surface area contributed by atoms with Crippen LogP contribution in [0.25, 0.3) is 0 Å². The molecule has 0 aliphatic carbocycles. The molecule has 0 aromatic heterocycles. The number of nitrogens with one attached hydrogen (secondary N) is 1. The maximum atomic E-state index is 11.2. The van der Waals surface area contributed by atoms with Crippen LogP contribution in [0.3, 0.4) is 0 Å². The maximum absolute atomic E-state index is 11.2. The summed E-state index contributed by atoms with van der Waals surface area (Å²) >= 11 is 0. The van der Waals surface area contributed by atoms with Crippen LogP contribution in [-0.4, -0.2) is 17.7 Å². The Balaban J connectivity index is 3.88. The molecule has 3 nitrogen and oxygen atoms in total. The summed E-state index contributed by atoms with van der Waals surface area (Å²) in [6.07, 6.45) is 3.41. The van der Waals surface area contributed by atoms with Gasteiger partial charge in [-0.15, -0.1) is 0 Å². The number of carbonyl (C=O) groups is 1. The van der Waals surface area contributed by atoms with Gasteiger partial charge in [0.25, 0.3) is 0 Å². The minimum Gasteiger partial charge on any atom is -0.444 e. The highest BCUT2D eigenvalue weighted by Gasteiger charge is 2.16. The summed E-state index contributed by atoms with van der Waals surface area (Å²) in [4.78, 5) is 11.2. The van der Waals surface area contributed by atoms with E-state index in [0.717, 1.165) is 0 Å². The number of carbonyl (C=O) groups excluding carboxylic acids is 1. The molecule has 0 rings (SSSR count). The summed E-state index contributed by atoms with van der Waals surface area (Å²) in [5.74, 6) is 0. The van der Waals surface area contributed by atoms with Gasteiger partial charge in [-0.1, -0.05) is 12.2 Å². The molecule has 0 fully saturated rings. The predicted molar refractivity (Wildman–Crippen MR) is 53.6 cm³/mol. The standard InChI is InChI=1S/C10H19NO2/c1-6-7-8(2)11-9(12)13-10(3,4)5/h6-8H,1-5H3,(H,11,12)/t8-/m0/s1. The SMILES string of the molecule is CC=C[C@H](C)NC(=O)OC(C)(C)C. The Hall–Kier alpha value is -0.990. The van der Waals surface area contributed by atoms with Crippen LogP contribution >= 0.6 is 0 Å².